The van der Waals surface area contributed by atoms with E-state index < -0.39 is 16.1 Å². The molecule has 2 aliphatic heterocycles. The molecule has 2 aromatic rings. The lowest BCUT2D eigenvalue weighted by atomic mass is 10.2. The summed E-state index contributed by atoms with van der Waals surface area (Å²) in [5, 5.41) is 3.24. The second kappa shape index (κ2) is 8.24. The summed E-state index contributed by atoms with van der Waals surface area (Å²) in [4.78, 5) is 21.6. The number of aromatic amines is 1. The SMILES string of the molecule is Cl.Cn1ccnc1C1CNCCN1S(=O)(=O)c1c[nH]c(C(=O)N2CCCC2)c1. The second-order valence-corrected chi connectivity index (χ2v) is 8.87. The van der Waals surface area contributed by atoms with Crippen LogP contribution in [0.25, 0.3) is 0 Å². The van der Waals surface area contributed by atoms with Crippen LogP contribution in [0.1, 0.15) is 35.2 Å². The number of aromatic nitrogens is 3. The van der Waals surface area contributed by atoms with Crippen molar-refractivity contribution in [2.75, 3.05) is 32.7 Å². The fourth-order valence-electron chi connectivity index (χ4n) is 3.76. The number of carbonyl (C=O) groups excluding carboxylic acids is 1. The molecule has 0 spiro atoms. The van der Waals surface area contributed by atoms with Gasteiger partial charge in [0.2, 0.25) is 10.0 Å². The maximum Gasteiger partial charge on any atom is 0.270 e. The van der Waals surface area contributed by atoms with Crippen molar-refractivity contribution >= 4 is 28.3 Å². The van der Waals surface area contributed by atoms with Crippen LogP contribution in [-0.4, -0.2) is 70.8 Å². The van der Waals surface area contributed by atoms with Gasteiger partial charge < -0.3 is 19.8 Å². The van der Waals surface area contributed by atoms with Crippen molar-refractivity contribution in [3.63, 3.8) is 0 Å². The van der Waals surface area contributed by atoms with Crippen LogP contribution in [0.5, 0.6) is 0 Å². The van der Waals surface area contributed by atoms with Crippen LogP contribution < -0.4 is 5.32 Å². The summed E-state index contributed by atoms with van der Waals surface area (Å²) in [6, 6.07) is 1.06. The molecule has 2 aliphatic rings. The van der Waals surface area contributed by atoms with Gasteiger partial charge in [0, 0.05) is 58.4 Å². The Labute approximate surface area is 170 Å². The van der Waals surface area contributed by atoms with Gasteiger partial charge in [-0.15, -0.1) is 12.4 Å². The van der Waals surface area contributed by atoms with E-state index in [4.69, 9.17) is 0 Å². The summed E-state index contributed by atoms with van der Waals surface area (Å²) in [6.45, 7) is 2.86. The molecule has 2 saturated heterocycles. The quantitative estimate of drug-likeness (QED) is 0.747. The molecular formula is C17H25ClN6O3S. The predicted molar refractivity (Wildman–Crippen MR) is 106 cm³/mol. The van der Waals surface area contributed by atoms with Crippen LogP contribution in [0.4, 0.5) is 0 Å². The number of aryl methyl sites for hydroxylation is 1. The van der Waals surface area contributed by atoms with Gasteiger partial charge in [0.25, 0.3) is 5.91 Å². The molecule has 2 aromatic heterocycles. The van der Waals surface area contributed by atoms with Crippen LogP contribution in [0.3, 0.4) is 0 Å². The molecule has 1 unspecified atom stereocenters. The third kappa shape index (κ3) is 3.69. The van der Waals surface area contributed by atoms with E-state index in [0.29, 0.717) is 31.2 Å². The van der Waals surface area contributed by atoms with Crippen molar-refractivity contribution in [2.24, 2.45) is 7.05 Å². The number of carbonyl (C=O) groups is 1. The Kier molecular flexibility index (Phi) is 6.13. The minimum absolute atomic E-state index is 0. The Morgan fingerprint density at radius 3 is 2.68 bits per heavy atom. The Hall–Kier alpha value is -1.88. The smallest absolute Gasteiger partial charge is 0.270 e. The number of nitrogens with one attached hydrogen (secondary N) is 2. The number of likely N-dealkylation sites (tertiary alicyclic amines) is 1. The monoisotopic (exact) mass is 428 g/mol. The second-order valence-electron chi connectivity index (χ2n) is 6.98. The molecule has 1 atom stereocenters. The Balaban J connectivity index is 0.00000225. The molecule has 2 fully saturated rings. The lowest BCUT2D eigenvalue weighted by Gasteiger charge is -2.34. The normalized spacial score (nSPS) is 20.9. The van der Waals surface area contributed by atoms with Crippen molar-refractivity contribution in [1.29, 1.82) is 0 Å². The highest BCUT2D eigenvalue weighted by atomic mass is 35.5. The summed E-state index contributed by atoms with van der Waals surface area (Å²) >= 11 is 0. The standard InChI is InChI=1S/C17H24N6O3S.ClH/c1-21-8-5-19-16(21)15-12-18-4-9-23(15)27(25,26)13-10-14(20-11-13)17(24)22-6-2-3-7-22;/h5,8,10-11,15,18,20H,2-4,6-7,9,12H2,1H3;1H. The summed E-state index contributed by atoms with van der Waals surface area (Å²) < 4.78 is 29.9. The molecule has 154 valence electrons. The van der Waals surface area contributed by atoms with Crippen LogP contribution >= 0.6 is 12.4 Å². The van der Waals surface area contributed by atoms with Gasteiger partial charge in [0.15, 0.2) is 0 Å². The predicted octanol–water partition coefficient (Wildman–Crippen LogP) is 0.741. The number of imidazole rings is 1. The minimum atomic E-state index is -3.75. The summed E-state index contributed by atoms with van der Waals surface area (Å²) in [5.41, 5.74) is 0.319. The van der Waals surface area contributed by atoms with Crippen molar-refractivity contribution < 1.29 is 13.2 Å². The lowest BCUT2D eigenvalue weighted by Crippen LogP contribution is -2.49. The zero-order chi connectivity index (χ0) is 19.0. The number of amides is 1. The number of piperazine rings is 1. The molecule has 9 nitrogen and oxygen atoms in total. The molecule has 28 heavy (non-hydrogen) atoms. The molecule has 0 bridgehead atoms. The fraction of sp³-hybridized carbons (Fsp3) is 0.529. The van der Waals surface area contributed by atoms with Crippen LogP contribution in [0.15, 0.2) is 29.6 Å². The zero-order valence-electron chi connectivity index (χ0n) is 15.7. The lowest BCUT2D eigenvalue weighted by molar-refractivity contribution is 0.0787. The van der Waals surface area contributed by atoms with E-state index in [9.17, 15) is 13.2 Å². The highest BCUT2D eigenvalue weighted by molar-refractivity contribution is 7.89. The first-order valence-corrected chi connectivity index (χ1v) is 10.6. The Bertz CT molecular complexity index is 934. The van der Waals surface area contributed by atoms with Crippen molar-refractivity contribution in [3.8, 4) is 0 Å². The number of halogens is 1. The van der Waals surface area contributed by atoms with Crippen molar-refractivity contribution in [1.82, 2.24) is 29.1 Å². The van der Waals surface area contributed by atoms with Gasteiger partial charge in [-0.25, -0.2) is 13.4 Å². The van der Waals surface area contributed by atoms with Crippen LogP contribution in [0.2, 0.25) is 0 Å². The molecule has 4 heterocycles. The summed E-state index contributed by atoms with van der Waals surface area (Å²) in [7, 11) is -1.90. The largest absolute Gasteiger partial charge is 0.356 e. The van der Waals surface area contributed by atoms with E-state index in [1.54, 1.807) is 17.3 Å². The fourth-order valence-corrected chi connectivity index (χ4v) is 5.35. The number of nitrogens with zero attached hydrogens (tertiary/aromatic N) is 4. The number of hydrogen-bond donors (Lipinski definition) is 2. The highest BCUT2D eigenvalue weighted by Gasteiger charge is 2.37. The molecule has 11 heteroatoms. The van der Waals surface area contributed by atoms with Gasteiger partial charge >= 0.3 is 0 Å². The average molecular weight is 429 g/mol. The van der Waals surface area contributed by atoms with Crippen molar-refractivity contribution in [2.45, 2.75) is 23.8 Å². The van der Waals surface area contributed by atoms with Crippen LogP contribution in [-0.2, 0) is 17.1 Å². The van der Waals surface area contributed by atoms with Gasteiger partial charge in [0.1, 0.15) is 16.4 Å². The molecule has 0 radical (unpaired) electrons. The van der Waals surface area contributed by atoms with Gasteiger partial charge in [-0.2, -0.15) is 4.31 Å². The third-order valence-corrected chi connectivity index (χ3v) is 7.12. The molecule has 4 rings (SSSR count). The molecular weight excluding hydrogens is 404 g/mol. The first-order chi connectivity index (χ1) is 13.0. The van der Waals surface area contributed by atoms with E-state index in [1.807, 2.05) is 11.6 Å². The Morgan fingerprint density at radius 1 is 1.25 bits per heavy atom. The first-order valence-electron chi connectivity index (χ1n) is 9.16. The topological polar surface area (TPSA) is 103 Å². The molecule has 2 N–H and O–H groups in total. The average Bonchev–Trinajstić information content (AvgIpc) is 3.42. The maximum absolute atomic E-state index is 13.3. The van der Waals surface area contributed by atoms with E-state index in [2.05, 4.69) is 15.3 Å². The number of sulfonamides is 1. The molecule has 0 aliphatic carbocycles. The summed E-state index contributed by atoms with van der Waals surface area (Å²) in [6.07, 6.45) is 6.86. The molecule has 0 saturated carbocycles. The molecule has 1 amide bonds. The van der Waals surface area contributed by atoms with Crippen LogP contribution in [0, 0.1) is 0 Å². The van der Waals surface area contributed by atoms with E-state index >= 15 is 0 Å². The Morgan fingerprint density at radius 2 is 2.00 bits per heavy atom. The number of H-pyrrole nitrogens is 1. The van der Waals surface area contributed by atoms with E-state index in [1.165, 1.54) is 16.6 Å². The number of hydrogen-bond acceptors (Lipinski definition) is 5. The highest BCUT2D eigenvalue weighted by Crippen LogP contribution is 2.28. The molecule has 0 aromatic carbocycles. The van der Waals surface area contributed by atoms with Gasteiger partial charge in [0.05, 0.1) is 6.04 Å². The van der Waals surface area contributed by atoms with Gasteiger partial charge in [-0.3, -0.25) is 4.79 Å². The number of rotatable bonds is 4. The first kappa shape index (κ1) is 20.8. The van der Waals surface area contributed by atoms with Gasteiger partial charge in [-0.1, -0.05) is 0 Å². The summed E-state index contributed by atoms with van der Waals surface area (Å²) in [5.74, 6) is 0.546. The van der Waals surface area contributed by atoms with Gasteiger partial charge in [-0.05, 0) is 18.9 Å². The maximum atomic E-state index is 13.3. The zero-order valence-corrected chi connectivity index (χ0v) is 17.3. The van der Waals surface area contributed by atoms with E-state index in [0.717, 1.165) is 25.9 Å². The van der Waals surface area contributed by atoms with E-state index in [-0.39, 0.29) is 23.2 Å². The van der Waals surface area contributed by atoms with Crippen molar-refractivity contribution in [3.05, 3.63) is 36.2 Å². The third-order valence-electron chi connectivity index (χ3n) is 5.24. The minimum Gasteiger partial charge on any atom is -0.356 e.